The van der Waals surface area contributed by atoms with Crippen molar-refractivity contribution < 1.29 is 4.39 Å². The Morgan fingerprint density at radius 2 is 1.76 bits per heavy atom. The van der Waals surface area contributed by atoms with E-state index < -0.39 is 0 Å². The van der Waals surface area contributed by atoms with Crippen molar-refractivity contribution in [3.8, 4) is 5.95 Å². The molecule has 0 aliphatic carbocycles. The van der Waals surface area contributed by atoms with Gasteiger partial charge in [0.05, 0.1) is 17.6 Å². The summed E-state index contributed by atoms with van der Waals surface area (Å²) in [6, 6.07) is 8.77. The van der Waals surface area contributed by atoms with Crippen molar-refractivity contribution in [2.75, 3.05) is 37.6 Å². The van der Waals surface area contributed by atoms with Gasteiger partial charge in [-0.15, -0.1) is 12.4 Å². The van der Waals surface area contributed by atoms with Crippen molar-refractivity contribution >= 4 is 24.2 Å². The minimum Gasteiger partial charge on any atom is -0.367 e. The van der Waals surface area contributed by atoms with Gasteiger partial charge in [0.1, 0.15) is 5.82 Å². The molecule has 4 rings (SSSR count). The standard InChI is InChI=1S/C21H23FN6.ClH/c1-17-18(16-25-28(17)21-23-9-5-10-24-21)6-4-11-26-12-14-27(15-13-26)20-8-3-2-7-19(20)22;/h2-10,16H,11-15H2,1H3;1H. The average Bonchev–Trinajstić information content (AvgIpc) is 3.10. The molecule has 0 bridgehead atoms. The van der Waals surface area contributed by atoms with E-state index in [0.29, 0.717) is 11.6 Å². The molecule has 3 heterocycles. The molecule has 1 aliphatic heterocycles. The van der Waals surface area contributed by atoms with Gasteiger partial charge >= 0.3 is 0 Å². The molecule has 152 valence electrons. The first kappa shape index (κ1) is 21.0. The van der Waals surface area contributed by atoms with Gasteiger partial charge < -0.3 is 4.90 Å². The van der Waals surface area contributed by atoms with Crippen LogP contribution in [0, 0.1) is 12.7 Å². The number of aromatic nitrogens is 4. The van der Waals surface area contributed by atoms with E-state index in [2.05, 4.69) is 37.0 Å². The molecule has 0 radical (unpaired) electrons. The zero-order chi connectivity index (χ0) is 19.3. The number of benzene rings is 1. The van der Waals surface area contributed by atoms with E-state index >= 15 is 0 Å². The predicted molar refractivity (Wildman–Crippen MR) is 115 cm³/mol. The molecular formula is C21H24ClFN6. The maximum absolute atomic E-state index is 13.9. The number of hydrogen-bond donors (Lipinski definition) is 0. The van der Waals surface area contributed by atoms with Crippen molar-refractivity contribution in [3.05, 3.63) is 72.1 Å². The van der Waals surface area contributed by atoms with Gasteiger partial charge in [0.2, 0.25) is 0 Å². The largest absolute Gasteiger partial charge is 0.367 e. The fraction of sp³-hybridized carbons (Fsp3) is 0.286. The normalized spacial score (nSPS) is 14.9. The first-order valence-electron chi connectivity index (χ1n) is 9.43. The van der Waals surface area contributed by atoms with Crippen LogP contribution >= 0.6 is 12.4 Å². The molecule has 1 aliphatic rings. The van der Waals surface area contributed by atoms with Crippen LogP contribution in [-0.4, -0.2) is 57.4 Å². The van der Waals surface area contributed by atoms with Gasteiger partial charge in [0.15, 0.2) is 0 Å². The summed E-state index contributed by atoms with van der Waals surface area (Å²) >= 11 is 0. The third kappa shape index (κ3) is 4.81. The number of para-hydroxylation sites is 1. The topological polar surface area (TPSA) is 50.1 Å². The number of anilines is 1. The second kappa shape index (κ2) is 9.62. The Labute approximate surface area is 176 Å². The maximum Gasteiger partial charge on any atom is 0.250 e. The molecule has 8 heteroatoms. The lowest BCUT2D eigenvalue weighted by Gasteiger charge is -2.35. The fourth-order valence-corrected chi connectivity index (χ4v) is 3.40. The summed E-state index contributed by atoms with van der Waals surface area (Å²) in [5.74, 6) is 0.426. The average molecular weight is 415 g/mol. The fourth-order valence-electron chi connectivity index (χ4n) is 3.40. The van der Waals surface area contributed by atoms with Crippen LogP contribution in [0.2, 0.25) is 0 Å². The summed E-state index contributed by atoms with van der Waals surface area (Å²) in [6.45, 7) is 6.35. The van der Waals surface area contributed by atoms with Crippen molar-refractivity contribution in [2.24, 2.45) is 0 Å². The summed E-state index contributed by atoms with van der Waals surface area (Å²) in [5, 5.41) is 4.39. The monoisotopic (exact) mass is 414 g/mol. The number of halogens is 2. The number of nitrogens with zero attached hydrogens (tertiary/aromatic N) is 6. The van der Waals surface area contributed by atoms with Gasteiger partial charge in [-0.05, 0) is 25.1 Å². The van der Waals surface area contributed by atoms with E-state index in [9.17, 15) is 4.39 Å². The molecular weight excluding hydrogens is 391 g/mol. The highest BCUT2D eigenvalue weighted by Gasteiger charge is 2.18. The summed E-state index contributed by atoms with van der Waals surface area (Å²) in [7, 11) is 0. The maximum atomic E-state index is 13.9. The van der Waals surface area contributed by atoms with Crippen molar-refractivity contribution in [2.45, 2.75) is 6.92 Å². The molecule has 2 aromatic heterocycles. The molecule has 0 amide bonds. The Hall–Kier alpha value is -2.77. The summed E-state index contributed by atoms with van der Waals surface area (Å²) in [6.07, 6.45) is 9.49. The highest BCUT2D eigenvalue weighted by Crippen LogP contribution is 2.20. The second-order valence-corrected chi connectivity index (χ2v) is 6.79. The van der Waals surface area contributed by atoms with Crippen LogP contribution in [0.1, 0.15) is 11.3 Å². The Kier molecular flexibility index (Phi) is 6.95. The predicted octanol–water partition coefficient (Wildman–Crippen LogP) is 3.37. The van der Waals surface area contributed by atoms with Crippen LogP contribution < -0.4 is 4.90 Å². The lowest BCUT2D eigenvalue weighted by Crippen LogP contribution is -2.46. The zero-order valence-corrected chi connectivity index (χ0v) is 17.1. The van der Waals surface area contributed by atoms with E-state index in [1.807, 2.05) is 25.3 Å². The molecule has 0 spiro atoms. The van der Waals surface area contributed by atoms with Gasteiger partial charge in [-0.1, -0.05) is 24.3 Å². The third-order valence-electron chi connectivity index (χ3n) is 5.02. The van der Waals surface area contributed by atoms with Crippen LogP contribution in [0.4, 0.5) is 10.1 Å². The smallest absolute Gasteiger partial charge is 0.250 e. The van der Waals surface area contributed by atoms with Crippen LogP contribution in [0.25, 0.3) is 12.0 Å². The first-order valence-corrected chi connectivity index (χ1v) is 9.43. The Balaban J connectivity index is 0.00000240. The Morgan fingerprint density at radius 3 is 2.48 bits per heavy atom. The highest BCUT2D eigenvalue weighted by molar-refractivity contribution is 5.85. The minimum absolute atomic E-state index is 0. The number of rotatable bonds is 5. The number of piperazine rings is 1. The molecule has 1 fully saturated rings. The Morgan fingerprint density at radius 1 is 1.03 bits per heavy atom. The molecule has 6 nitrogen and oxygen atoms in total. The lowest BCUT2D eigenvalue weighted by atomic mass is 10.2. The summed E-state index contributed by atoms with van der Waals surface area (Å²) in [4.78, 5) is 13.0. The van der Waals surface area contributed by atoms with Crippen molar-refractivity contribution in [1.29, 1.82) is 0 Å². The molecule has 0 unspecified atom stereocenters. The first-order chi connectivity index (χ1) is 13.7. The van der Waals surface area contributed by atoms with Crippen LogP contribution in [0.3, 0.4) is 0 Å². The molecule has 3 aromatic rings. The van der Waals surface area contributed by atoms with Crippen LogP contribution in [-0.2, 0) is 0 Å². The number of hydrogen-bond acceptors (Lipinski definition) is 5. The van der Waals surface area contributed by atoms with Gasteiger partial charge in [-0.25, -0.2) is 19.0 Å². The highest BCUT2D eigenvalue weighted by atomic mass is 35.5. The van der Waals surface area contributed by atoms with E-state index in [-0.39, 0.29) is 18.2 Å². The van der Waals surface area contributed by atoms with E-state index in [1.165, 1.54) is 6.07 Å². The lowest BCUT2D eigenvalue weighted by molar-refractivity contribution is 0.283. The van der Waals surface area contributed by atoms with E-state index in [0.717, 1.165) is 44.0 Å². The van der Waals surface area contributed by atoms with Gasteiger partial charge in [-0.3, -0.25) is 4.90 Å². The van der Waals surface area contributed by atoms with Crippen LogP contribution in [0.15, 0.2) is 55.0 Å². The molecule has 0 atom stereocenters. The quantitative estimate of drug-likeness (QED) is 0.640. The van der Waals surface area contributed by atoms with E-state index in [1.54, 1.807) is 29.2 Å². The van der Waals surface area contributed by atoms with E-state index in [4.69, 9.17) is 0 Å². The van der Waals surface area contributed by atoms with Gasteiger partial charge in [0, 0.05) is 50.7 Å². The molecule has 0 saturated carbocycles. The molecule has 1 aromatic carbocycles. The summed E-state index contributed by atoms with van der Waals surface area (Å²) in [5.41, 5.74) is 2.76. The SMILES string of the molecule is Cc1c(C=CCN2CCN(c3ccccc3F)CC2)cnn1-c1ncccn1.Cl. The van der Waals surface area contributed by atoms with Gasteiger partial charge in [0.25, 0.3) is 5.95 Å². The second-order valence-electron chi connectivity index (χ2n) is 6.79. The minimum atomic E-state index is -0.147. The van der Waals surface area contributed by atoms with Crippen LogP contribution in [0.5, 0.6) is 0 Å². The zero-order valence-electron chi connectivity index (χ0n) is 16.3. The van der Waals surface area contributed by atoms with Gasteiger partial charge in [-0.2, -0.15) is 5.10 Å². The summed E-state index contributed by atoms with van der Waals surface area (Å²) < 4.78 is 15.7. The van der Waals surface area contributed by atoms with Crippen molar-refractivity contribution in [1.82, 2.24) is 24.6 Å². The third-order valence-corrected chi connectivity index (χ3v) is 5.02. The Bertz CT molecular complexity index is 951. The molecule has 0 N–H and O–H groups in total. The molecule has 1 saturated heterocycles. The van der Waals surface area contributed by atoms with Crippen molar-refractivity contribution in [3.63, 3.8) is 0 Å². The molecule has 29 heavy (non-hydrogen) atoms.